The second-order valence-electron chi connectivity index (χ2n) is 7.92. The van der Waals surface area contributed by atoms with E-state index in [1.54, 1.807) is 6.07 Å². The highest BCUT2D eigenvalue weighted by molar-refractivity contribution is 9.14. The number of anilines is 1. The first kappa shape index (κ1) is 23.2. The number of hydrogen-bond acceptors (Lipinski definition) is 3. The Morgan fingerprint density at radius 1 is 1.20 bits per heavy atom. The monoisotopic (exact) mass is 495 g/mol. The van der Waals surface area contributed by atoms with E-state index in [4.69, 9.17) is 0 Å². The lowest BCUT2D eigenvalue weighted by Crippen LogP contribution is -2.55. The number of para-hydroxylation sites is 1. The molecule has 1 aliphatic carbocycles. The maximum atomic E-state index is 14.2. The summed E-state index contributed by atoms with van der Waals surface area (Å²) < 4.78 is 15.1. The van der Waals surface area contributed by atoms with Gasteiger partial charge in [-0.05, 0) is 60.7 Å². The summed E-state index contributed by atoms with van der Waals surface area (Å²) >= 11 is 4.87. The average molecular weight is 496 g/mol. The van der Waals surface area contributed by atoms with Crippen molar-refractivity contribution < 1.29 is 9.18 Å². The summed E-state index contributed by atoms with van der Waals surface area (Å²) in [6.07, 6.45) is 9.31. The topological polar surface area (TPSA) is 35.6 Å². The average Bonchev–Trinajstić information content (AvgIpc) is 2.75. The Labute approximate surface area is 192 Å². The number of nitrogens with one attached hydrogen (secondary N) is 1. The number of amides is 2. The van der Waals surface area contributed by atoms with E-state index in [0.29, 0.717) is 10.7 Å². The molecule has 0 radical (unpaired) electrons. The number of carbonyl (C=O) groups excluding carboxylic acids is 1. The molecule has 0 aromatic heterocycles. The van der Waals surface area contributed by atoms with Crippen LogP contribution in [0, 0.1) is 5.82 Å². The van der Waals surface area contributed by atoms with Gasteiger partial charge in [-0.25, -0.2) is 9.18 Å². The minimum Gasteiger partial charge on any atom is -0.369 e. The summed E-state index contributed by atoms with van der Waals surface area (Å²) in [6, 6.07) is 7.32. The Balaban J connectivity index is 1.67. The van der Waals surface area contributed by atoms with Gasteiger partial charge in [0.25, 0.3) is 0 Å². The summed E-state index contributed by atoms with van der Waals surface area (Å²) in [7, 11) is 0. The van der Waals surface area contributed by atoms with Crippen LogP contribution < -0.4 is 10.2 Å². The van der Waals surface area contributed by atoms with Gasteiger partial charge in [0.1, 0.15) is 5.82 Å². The minimum absolute atomic E-state index is 0.0554. The Kier molecular flexibility index (Phi) is 8.69. The van der Waals surface area contributed by atoms with Gasteiger partial charge in [-0.15, -0.1) is 0 Å². The van der Waals surface area contributed by atoms with Crippen LogP contribution in [0.15, 0.2) is 45.8 Å². The van der Waals surface area contributed by atoms with Crippen LogP contribution in [0.25, 0.3) is 0 Å². The van der Waals surface area contributed by atoms with Crippen molar-refractivity contribution in [2.45, 2.75) is 64.0 Å². The molecule has 2 aliphatic rings. The molecule has 1 saturated carbocycles. The molecule has 1 N–H and O–H groups in total. The molecule has 0 unspecified atom stereocenters. The highest BCUT2D eigenvalue weighted by Gasteiger charge is 2.34. The molecule has 2 fully saturated rings. The first-order chi connectivity index (χ1) is 14.5. The van der Waals surface area contributed by atoms with E-state index in [0.717, 1.165) is 42.6 Å². The summed E-state index contributed by atoms with van der Waals surface area (Å²) in [5.41, 5.74) is 0.658. The zero-order valence-corrected chi connectivity index (χ0v) is 20.0. The Morgan fingerprint density at radius 2 is 1.83 bits per heavy atom. The number of halogens is 2. The third kappa shape index (κ3) is 6.03. The van der Waals surface area contributed by atoms with Crippen molar-refractivity contribution in [2.75, 3.05) is 18.0 Å². The number of thioether (sulfide) groups is 1. The van der Waals surface area contributed by atoms with Crippen LogP contribution >= 0.6 is 27.7 Å². The van der Waals surface area contributed by atoms with Crippen molar-refractivity contribution in [2.24, 2.45) is 0 Å². The molecule has 1 saturated heterocycles. The highest BCUT2D eigenvalue weighted by atomic mass is 79.9. The SMILES string of the molecule is C=C(NC(=O)N(C1CCCCC1)C1CCN(c2ccccc2F)CC1)S/C(Br)=C\C. The van der Waals surface area contributed by atoms with E-state index >= 15 is 0 Å². The van der Waals surface area contributed by atoms with E-state index in [9.17, 15) is 9.18 Å². The number of benzene rings is 1. The van der Waals surface area contributed by atoms with E-state index in [-0.39, 0.29) is 23.9 Å². The quantitative estimate of drug-likeness (QED) is 0.482. The Hall–Kier alpha value is -1.47. The van der Waals surface area contributed by atoms with Crippen molar-refractivity contribution in [3.05, 3.63) is 51.6 Å². The highest BCUT2D eigenvalue weighted by Crippen LogP contribution is 2.31. The zero-order valence-electron chi connectivity index (χ0n) is 17.6. The Morgan fingerprint density at radius 3 is 2.47 bits per heavy atom. The van der Waals surface area contributed by atoms with Crippen molar-refractivity contribution in [3.8, 4) is 0 Å². The van der Waals surface area contributed by atoms with Crippen LogP contribution in [0.2, 0.25) is 0 Å². The third-order valence-corrected chi connectivity index (χ3v) is 7.67. The van der Waals surface area contributed by atoms with Gasteiger partial charge in [-0.3, -0.25) is 0 Å². The number of allylic oxidation sites excluding steroid dienone is 1. The first-order valence-electron chi connectivity index (χ1n) is 10.8. The predicted molar refractivity (Wildman–Crippen MR) is 128 cm³/mol. The molecule has 7 heteroatoms. The zero-order chi connectivity index (χ0) is 21.5. The molecule has 30 heavy (non-hydrogen) atoms. The van der Waals surface area contributed by atoms with Crippen molar-refractivity contribution >= 4 is 39.4 Å². The van der Waals surface area contributed by atoms with E-state index < -0.39 is 0 Å². The fourth-order valence-corrected chi connectivity index (χ4v) is 5.55. The fraction of sp³-hybridized carbons (Fsp3) is 0.522. The normalized spacial score (nSPS) is 18.9. The summed E-state index contributed by atoms with van der Waals surface area (Å²) in [5, 5.41) is 3.62. The lowest BCUT2D eigenvalue weighted by Gasteiger charge is -2.44. The number of rotatable bonds is 6. The second-order valence-corrected chi connectivity index (χ2v) is 10.4. The van der Waals surface area contributed by atoms with Crippen molar-refractivity contribution in [1.82, 2.24) is 10.2 Å². The smallest absolute Gasteiger partial charge is 0.322 e. The van der Waals surface area contributed by atoms with Gasteiger partial charge in [0.15, 0.2) is 0 Å². The lowest BCUT2D eigenvalue weighted by atomic mass is 9.91. The fourth-order valence-electron chi connectivity index (χ4n) is 4.47. The largest absolute Gasteiger partial charge is 0.369 e. The summed E-state index contributed by atoms with van der Waals surface area (Å²) in [5.74, 6) is -0.180. The number of piperidine rings is 1. The standard InChI is InChI=1S/C23H31BrFN3OS/c1-3-22(24)30-17(2)26-23(29)28(18-9-5-4-6-10-18)19-13-15-27(16-14-19)21-12-8-7-11-20(21)25/h3,7-8,11-12,18-19H,2,4-6,9-10,13-16H2,1H3,(H,26,29)/b22-3-. The molecule has 1 heterocycles. The molecule has 1 aromatic rings. The van der Waals surface area contributed by atoms with Gasteiger partial charge in [0.05, 0.1) is 14.5 Å². The minimum atomic E-state index is -0.180. The van der Waals surface area contributed by atoms with Gasteiger partial charge >= 0.3 is 6.03 Å². The van der Waals surface area contributed by atoms with Crippen LogP contribution in [0.5, 0.6) is 0 Å². The van der Waals surface area contributed by atoms with Crippen molar-refractivity contribution in [3.63, 3.8) is 0 Å². The van der Waals surface area contributed by atoms with Gasteiger partial charge < -0.3 is 15.1 Å². The maximum Gasteiger partial charge on any atom is 0.322 e. The predicted octanol–water partition coefficient (Wildman–Crippen LogP) is 6.60. The molecule has 0 atom stereocenters. The van der Waals surface area contributed by atoms with Gasteiger partial charge in [-0.2, -0.15) is 0 Å². The van der Waals surface area contributed by atoms with Crippen LogP contribution in [-0.2, 0) is 0 Å². The lowest BCUT2D eigenvalue weighted by molar-refractivity contribution is 0.113. The Bertz CT molecular complexity index is 773. The van der Waals surface area contributed by atoms with E-state index in [2.05, 4.69) is 37.6 Å². The van der Waals surface area contributed by atoms with E-state index in [1.807, 2.05) is 25.1 Å². The molecule has 0 bridgehead atoms. The van der Waals surface area contributed by atoms with E-state index in [1.165, 1.54) is 37.1 Å². The molecule has 1 aromatic carbocycles. The molecular weight excluding hydrogens is 465 g/mol. The first-order valence-corrected chi connectivity index (χ1v) is 12.4. The van der Waals surface area contributed by atoms with Gasteiger partial charge in [0.2, 0.25) is 0 Å². The van der Waals surface area contributed by atoms with Gasteiger partial charge in [-0.1, -0.05) is 55.8 Å². The molecule has 1 aliphatic heterocycles. The molecule has 0 spiro atoms. The number of nitrogens with zero attached hydrogens (tertiary/aromatic N) is 2. The molecule has 4 nitrogen and oxygen atoms in total. The number of urea groups is 1. The summed E-state index contributed by atoms with van der Waals surface area (Å²) in [6.45, 7) is 7.44. The summed E-state index contributed by atoms with van der Waals surface area (Å²) in [4.78, 5) is 17.4. The molecular formula is C23H31BrFN3OS. The van der Waals surface area contributed by atoms with Crippen molar-refractivity contribution in [1.29, 1.82) is 0 Å². The van der Waals surface area contributed by atoms with Crippen LogP contribution in [-0.4, -0.2) is 36.1 Å². The molecule has 3 rings (SSSR count). The number of hydrogen-bond donors (Lipinski definition) is 1. The molecule has 164 valence electrons. The van der Waals surface area contributed by atoms with Crippen LogP contribution in [0.3, 0.4) is 0 Å². The third-order valence-electron chi connectivity index (χ3n) is 5.95. The van der Waals surface area contributed by atoms with Crippen LogP contribution in [0.4, 0.5) is 14.9 Å². The second kappa shape index (κ2) is 11.2. The van der Waals surface area contributed by atoms with Crippen LogP contribution in [0.1, 0.15) is 51.9 Å². The maximum absolute atomic E-state index is 14.2. The number of carbonyl (C=O) groups is 1. The molecule has 2 amide bonds. The van der Waals surface area contributed by atoms with Gasteiger partial charge in [0, 0.05) is 25.2 Å².